The Morgan fingerprint density at radius 3 is 2.47 bits per heavy atom. The van der Waals surface area contributed by atoms with Crippen molar-refractivity contribution in [1.29, 1.82) is 0 Å². The number of ether oxygens (including phenoxy) is 1. The van der Waals surface area contributed by atoms with E-state index in [0.29, 0.717) is 6.61 Å². The van der Waals surface area contributed by atoms with Crippen LogP contribution in [0.2, 0.25) is 0 Å². The first-order chi connectivity index (χ1) is 9.02. The van der Waals surface area contributed by atoms with Gasteiger partial charge in [-0.2, -0.15) is 0 Å². The Hall–Kier alpha value is -1.84. The molecule has 0 saturated carbocycles. The van der Waals surface area contributed by atoms with Crippen LogP contribution < -0.4 is 0 Å². The molecule has 1 aromatic carbocycles. The minimum Gasteiger partial charge on any atom is -0.447 e. The highest BCUT2D eigenvalue weighted by Gasteiger charge is 2.41. The van der Waals surface area contributed by atoms with Crippen molar-refractivity contribution < 1.29 is 14.3 Å². The van der Waals surface area contributed by atoms with Gasteiger partial charge in [-0.25, -0.2) is 9.69 Å². The van der Waals surface area contributed by atoms with Gasteiger partial charge in [-0.15, -0.1) is 0 Å². The van der Waals surface area contributed by atoms with E-state index in [1.807, 2.05) is 51.1 Å². The maximum atomic E-state index is 12.5. The summed E-state index contributed by atoms with van der Waals surface area (Å²) in [4.78, 5) is 25.5. The molecule has 0 N–H and O–H groups in total. The van der Waals surface area contributed by atoms with Crippen LogP contribution in [0.15, 0.2) is 30.3 Å². The first-order valence-corrected chi connectivity index (χ1v) is 6.57. The van der Waals surface area contributed by atoms with E-state index in [-0.39, 0.29) is 23.8 Å². The van der Waals surface area contributed by atoms with Crippen molar-refractivity contribution in [3.63, 3.8) is 0 Å². The highest BCUT2D eigenvalue weighted by atomic mass is 16.6. The third kappa shape index (κ3) is 2.62. The molecule has 1 saturated heterocycles. The lowest BCUT2D eigenvalue weighted by molar-refractivity contribution is -0.131. The van der Waals surface area contributed by atoms with Gasteiger partial charge >= 0.3 is 6.09 Å². The molecule has 1 heterocycles. The van der Waals surface area contributed by atoms with Crippen LogP contribution in [0.3, 0.4) is 0 Å². The molecule has 0 bridgehead atoms. The number of cyclic esters (lactones) is 1. The lowest BCUT2D eigenvalue weighted by Crippen LogP contribution is -2.43. The van der Waals surface area contributed by atoms with E-state index in [1.54, 1.807) is 0 Å². The second-order valence-corrected chi connectivity index (χ2v) is 5.23. The molecule has 4 nitrogen and oxygen atoms in total. The largest absolute Gasteiger partial charge is 0.447 e. The Bertz CT molecular complexity index is 470. The number of rotatable bonds is 3. The van der Waals surface area contributed by atoms with E-state index >= 15 is 0 Å². The maximum Gasteiger partial charge on any atom is 0.417 e. The smallest absolute Gasteiger partial charge is 0.417 e. The molecular formula is C15H19NO3. The van der Waals surface area contributed by atoms with Crippen LogP contribution in [-0.2, 0) is 9.53 Å². The van der Waals surface area contributed by atoms with Gasteiger partial charge < -0.3 is 4.74 Å². The third-order valence-corrected chi connectivity index (χ3v) is 3.58. The van der Waals surface area contributed by atoms with Crippen molar-refractivity contribution in [2.45, 2.75) is 32.7 Å². The van der Waals surface area contributed by atoms with Crippen molar-refractivity contribution in [2.75, 3.05) is 6.61 Å². The summed E-state index contributed by atoms with van der Waals surface area (Å²) in [6, 6.07) is 9.32. The minimum absolute atomic E-state index is 0.161. The number of benzene rings is 1. The molecule has 102 valence electrons. The Kier molecular flexibility index (Phi) is 3.88. The fourth-order valence-corrected chi connectivity index (χ4v) is 2.27. The maximum absolute atomic E-state index is 12.5. The van der Waals surface area contributed by atoms with Gasteiger partial charge in [-0.05, 0) is 18.4 Å². The number of imide groups is 1. The van der Waals surface area contributed by atoms with E-state index < -0.39 is 6.09 Å². The fourth-order valence-electron chi connectivity index (χ4n) is 2.27. The molecule has 0 aliphatic carbocycles. The zero-order chi connectivity index (χ0) is 14.0. The highest BCUT2D eigenvalue weighted by molar-refractivity contribution is 5.97. The van der Waals surface area contributed by atoms with E-state index in [0.717, 1.165) is 5.56 Å². The monoisotopic (exact) mass is 261 g/mol. The number of hydrogen-bond acceptors (Lipinski definition) is 3. The number of carbonyl (C=O) groups is 2. The quantitative estimate of drug-likeness (QED) is 0.840. The normalized spacial score (nSPS) is 20.5. The highest BCUT2D eigenvalue weighted by Crippen LogP contribution is 2.25. The van der Waals surface area contributed by atoms with Crippen LogP contribution in [0, 0.1) is 5.92 Å². The van der Waals surface area contributed by atoms with E-state index in [2.05, 4.69) is 0 Å². The Morgan fingerprint density at radius 1 is 1.26 bits per heavy atom. The van der Waals surface area contributed by atoms with Gasteiger partial charge in [-0.1, -0.05) is 44.2 Å². The Morgan fingerprint density at radius 2 is 1.89 bits per heavy atom. The number of carbonyl (C=O) groups excluding carboxylic acids is 2. The summed E-state index contributed by atoms with van der Waals surface area (Å²) in [7, 11) is 0. The molecule has 1 aliphatic heterocycles. The Labute approximate surface area is 113 Å². The summed E-state index contributed by atoms with van der Waals surface area (Å²) in [5.74, 6) is -0.334. The van der Waals surface area contributed by atoms with Crippen molar-refractivity contribution in [3.05, 3.63) is 35.9 Å². The average molecular weight is 261 g/mol. The van der Waals surface area contributed by atoms with Gasteiger partial charge in [0.15, 0.2) is 0 Å². The summed E-state index contributed by atoms with van der Waals surface area (Å²) in [5, 5.41) is 0. The topological polar surface area (TPSA) is 46.6 Å². The number of hydrogen-bond donors (Lipinski definition) is 0. The fraction of sp³-hybridized carbons (Fsp3) is 0.467. The minimum atomic E-state index is -0.522. The molecule has 2 rings (SSSR count). The van der Waals surface area contributed by atoms with Crippen LogP contribution in [0.4, 0.5) is 4.79 Å². The van der Waals surface area contributed by atoms with E-state index in [1.165, 1.54) is 4.90 Å². The number of amides is 2. The number of nitrogens with zero attached hydrogens (tertiary/aromatic N) is 1. The second-order valence-electron chi connectivity index (χ2n) is 5.23. The SMILES string of the molecule is CC(C)[C@@H]1COC(=O)N1C(=O)[C@H](C)c1ccccc1. The van der Waals surface area contributed by atoms with Crippen molar-refractivity contribution in [2.24, 2.45) is 5.92 Å². The van der Waals surface area contributed by atoms with Crippen molar-refractivity contribution in [3.8, 4) is 0 Å². The lowest BCUT2D eigenvalue weighted by atomic mass is 9.97. The van der Waals surface area contributed by atoms with Gasteiger partial charge in [0.25, 0.3) is 0 Å². The molecule has 1 fully saturated rings. The second kappa shape index (κ2) is 5.43. The predicted octanol–water partition coefficient (Wildman–Crippen LogP) is 2.79. The first kappa shape index (κ1) is 13.6. The van der Waals surface area contributed by atoms with E-state index in [9.17, 15) is 9.59 Å². The zero-order valence-electron chi connectivity index (χ0n) is 11.5. The molecule has 2 amide bonds. The van der Waals surface area contributed by atoms with Crippen LogP contribution in [-0.4, -0.2) is 29.5 Å². The molecule has 1 aromatic rings. The summed E-state index contributed by atoms with van der Waals surface area (Å²) < 4.78 is 5.01. The van der Waals surface area contributed by atoms with E-state index in [4.69, 9.17) is 4.74 Å². The van der Waals surface area contributed by atoms with Crippen molar-refractivity contribution in [1.82, 2.24) is 4.90 Å². The van der Waals surface area contributed by atoms with Gasteiger partial charge in [0.05, 0.1) is 12.0 Å². The zero-order valence-corrected chi connectivity index (χ0v) is 11.5. The Balaban J connectivity index is 2.21. The standard InChI is InChI=1S/C15H19NO3/c1-10(2)13-9-19-15(18)16(13)14(17)11(3)12-7-5-4-6-8-12/h4-8,10-11,13H,9H2,1-3H3/t11-,13+/m1/s1. The van der Waals surface area contributed by atoms with Crippen molar-refractivity contribution >= 4 is 12.0 Å². The van der Waals surface area contributed by atoms with Crippen LogP contribution >= 0.6 is 0 Å². The van der Waals surface area contributed by atoms with Crippen LogP contribution in [0.25, 0.3) is 0 Å². The average Bonchev–Trinajstić information content (AvgIpc) is 2.80. The first-order valence-electron chi connectivity index (χ1n) is 6.57. The molecule has 2 atom stereocenters. The molecule has 0 radical (unpaired) electrons. The van der Waals surface area contributed by atoms with Gasteiger partial charge in [0.2, 0.25) is 5.91 Å². The predicted molar refractivity (Wildman–Crippen MR) is 71.7 cm³/mol. The molecule has 0 spiro atoms. The third-order valence-electron chi connectivity index (χ3n) is 3.58. The van der Waals surface area contributed by atoms with Crippen LogP contribution in [0.5, 0.6) is 0 Å². The van der Waals surface area contributed by atoms with Gasteiger partial charge in [0, 0.05) is 0 Å². The molecule has 1 aliphatic rings. The molecule has 4 heteroatoms. The molecule has 0 aromatic heterocycles. The molecule has 19 heavy (non-hydrogen) atoms. The summed E-state index contributed by atoms with van der Waals surface area (Å²) in [6.07, 6.45) is -0.522. The van der Waals surface area contributed by atoms with Crippen LogP contribution in [0.1, 0.15) is 32.3 Å². The molecule has 0 unspecified atom stereocenters. The summed E-state index contributed by atoms with van der Waals surface area (Å²) >= 11 is 0. The van der Waals surface area contributed by atoms with Gasteiger partial charge in [-0.3, -0.25) is 4.79 Å². The van der Waals surface area contributed by atoms with Gasteiger partial charge in [0.1, 0.15) is 6.61 Å². The summed E-state index contributed by atoms with van der Waals surface area (Å²) in [6.45, 7) is 6.09. The summed E-state index contributed by atoms with van der Waals surface area (Å²) in [5.41, 5.74) is 0.912. The lowest BCUT2D eigenvalue weighted by Gasteiger charge is -2.25. The molecular weight excluding hydrogens is 242 g/mol.